The first kappa shape index (κ1) is 41.8. The van der Waals surface area contributed by atoms with Crippen LogP contribution in [0.1, 0.15) is 0 Å². The van der Waals surface area contributed by atoms with E-state index in [1.807, 2.05) is 36.4 Å². The van der Waals surface area contributed by atoms with Crippen molar-refractivity contribution in [1.29, 1.82) is 0 Å². The molecule has 14 rings (SSSR count). The number of para-hydroxylation sites is 3. The summed E-state index contributed by atoms with van der Waals surface area (Å²) in [5, 5.41) is 6.71. The monoisotopic (exact) mass is 1120 g/mol. The fraction of sp³-hybridized carbons (Fsp3) is 0. The van der Waals surface area contributed by atoms with Crippen LogP contribution in [-0.4, -0.2) is 24.5 Å². The summed E-state index contributed by atoms with van der Waals surface area (Å²) in [6.45, 7) is 0. The molecule has 0 atom stereocenters. The Morgan fingerprint density at radius 3 is 1.74 bits per heavy atom. The van der Waals surface area contributed by atoms with E-state index in [9.17, 15) is 0 Å². The summed E-state index contributed by atoms with van der Waals surface area (Å²) in [5.74, 6) is 1.68. The summed E-state index contributed by atoms with van der Waals surface area (Å²) < 4.78 is 9.18. The Morgan fingerprint density at radius 2 is 1.01 bits per heavy atom. The number of furan rings is 1. The first-order valence-electron chi connectivity index (χ1n) is 23.1. The van der Waals surface area contributed by atoms with Crippen molar-refractivity contribution >= 4 is 65.6 Å². The molecule has 0 bridgehead atoms. The topological polar surface area (TPSA) is 72.5 Å². The molecular formula is C63H37N5OU. The average Bonchev–Trinajstić information content (AvgIpc) is 4.10. The molecule has 6 nitrogen and oxygen atoms in total. The van der Waals surface area contributed by atoms with Crippen molar-refractivity contribution < 1.29 is 35.5 Å². The number of aromatic nitrogens is 5. The summed E-state index contributed by atoms with van der Waals surface area (Å²) in [5.41, 5.74) is 15.7. The van der Waals surface area contributed by atoms with E-state index < -0.39 is 0 Å². The molecular weight excluding hydrogens is 1080 g/mol. The Labute approximate surface area is 426 Å². The number of fused-ring (bicyclic) bond motifs is 10. The van der Waals surface area contributed by atoms with E-state index in [1.165, 1.54) is 5.39 Å². The minimum Gasteiger partial charge on any atom is -0.455 e. The quantitative estimate of drug-likeness (QED) is 0.161. The number of aromatic amines is 1. The number of benzene rings is 10. The molecule has 4 heterocycles. The van der Waals surface area contributed by atoms with Crippen molar-refractivity contribution in [3.63, 3.8) is 0 Å². The molecule has 324 valence electrons. The number of hydrogen-bond donors (Lipinski definition) is 1. The Morgan fingerprint density at radius 1 is 0.414 bits per heavy atom. The van der Waals surface area contributed by atoms with E-state index in [-0.39, 0.29) is 31.1 Å². The number of nitrogens with zero attached hydrogens (tertiary/aromatic N) is 4. The zero-order chi connectivity index (χ0) is 45.4. The summed E-state index contributed by atoms with van der Waals surface area (Å²) in [4.78, 5) is 19.6. The van der Waals surface area contributed by atoms with Crippen LogP contribution in [0, 0.1) is 43.2 Å². The maximum atomic E-state index is 6.75. The fourth-order valence-electron chi connectivity index (χ4n) is 10.2. The molecule has 0 saturated heterocycles. The minimum absolute atomic E-state index is 0. The van der Waals surface area contributed by atoms with Crippen LogP contribution in [0.5, 0.6) is 0 Å². The average molecular weight is 1120 g/mol. The first-order chi connectivity index (χ1) is 34.2. The number of hydrogen-bond acceptors (Lipinski definition) is 4. The van der Waals surface area contributed by atoms with E-state index in [1.54, 1.807) is 0 Å². The molecule has 0 unspecified atom stereocenters. The maximum Gasteiger partial charge on any atom is 2.00 e. The Balaban J connectivity index is 0.00000480. The standard InChI is InChI=1S/C63H37N5O.U/c1-4-16-39(17-5-1)40-28-30-43(31-29-40)61-65-62(44-32-33-47-46-22-10-13-25-53(46)64-54(47)38-44)67-63(66-61)45-36-51(41-18-6-2-7-19-41)59(52(37-45)42-20-8-3-9-21-42)68-55-26-14-11-24-50(55)58-56(68)35-34-49-48-23-12-15-27-57(48)69-60(49)58;/h1-16,18-28,30-38,64H;/q-2;+2. The van der Waals surface area contributed by atoms with E-state index >= 15 is 0 Å². The summed E-state index contributed by atoms with van der Waals surface area (Å²) >= 11 is 0. The van der Waals surface area contributed by atoms with Crippen LogP contribution in [0.25, 0.3) is 139 Å². The Bertz CT molecular complexity index is 4230. The first-order valence-corrected chi connectivity index (χ1v) is 23.1. The number of rotatable bonds is 7. The number of H-pyrrole nitrogens is 1. The molecule has 0 spiro atoms. The van der Waals surface area contributed by atoms with Crippen LogP contribution in [0.15, 0.2) is 223 Å². The van der Waals surface area contributed by atoms with Crippen molar-refractivity contribution in [3.8, 4) is 73.2 Å². The second-order valence-corrected chi connectivity index (χ2v) is 17.4. The predicted molar refractivity (Wildman–Crippen MR) is 281 cm³/mol. The summed E-state index contributed by atoms with van der Waals surface area (Å²) in [7, 11) is 0. The van der Waals surface area contributed by atoms with Crippen LogP contribution >= 0.6 is 0 Å². The smallest absolute Gasteiger partial charge is 0.455 e. The zero-order valence-electron chi connectivity index (χ0n) is 37.5. The molecule has 0 fully saturated rings. The van der Waals surface area contributed by atoms with Gasteiger partial charge in [-0.25, -0.2) is 26.1 Å². The largest absolute Gasteiger partial charge is 2.00 e. The third kappa shape index (κ3) is 6.89. The van der Waals surface area contributed by atoms with Gasteiger partial charge in [-0.05, 0) is 59.7 Å². The van der Waals surface area contributed by atoms with Crippen LogP contribution < -0.4 is 0 Å². The van der Waals surface area contributed by atoms with E-state index in [4.69, 9.17) is 19.4 Å². The Hall–Kier alpha value is -8.34. The van der Waals surface area contributed by atoms with Gasteiger partial charge in [0, 0.05) is 60.2 Å². The maximum absolute atomic E-state index is 6.75. The molecule has 0 saturated carbocycles. The van der Waals surface area contributed by atoms with Gasteiger partial charge in [0.15, 0.2) is 11.6 Å². The molecule has 4 aromatic heterocycles. The van der Waals surface area contributed by atoms with Crippen LogP contribution in [-0.2, 0) is 0 Å². The van der Waals surface area contributed by atoms with Crippen molar-refractivity contribution in [1.82, 2.24) is 24.5 Å². The normalized spacial score (nSPS) is 11.6. The van der Waals surface area contributed by atoms with Gasteiger partial charge in [-0.3, -0.25) is 0 Å². The van der Waals surface area contributed by atoms with Crippen molar-refractivity contribution in [3.05, 3.63) is 231 Å². The molecule has 0 amide bonds. The van der Waals surface area contributed by atoms with Gasteiger partial charge in [-0.1, -0.05) is 133 Å². The zero-order valence-corrected chi connectivity index (χ0v) is 41.6. The molecule has 7 heteroatoms. The van der Waals surface area contributed by atoms with Gasteiger partial charge in [-0.2, -0.15) is 36.4 Å². The van der Waals surface area contributed by atoms with Crippen LogP contribution in [0.2, 0.25) is 0 Å². The second kappa shape index (κ2) is 17.0. The van der Waals surface area contributed by atoms with Gasteiger partial charge in [0.25, 0.3) is 0 Å². The van der Waals surface area contributed by atoms with E-state index in [0.717, 1.165) is 116 Å². The van der Waals surface area contributed by atoms with E-state index in [2.05, 4.69) is 204 Å². The molecule has 10 aromatic carbocycles. The molecule has 0 aliphatic carbocycles. The predicted octanol–water partition coefficient (Wildman–Crippen LogP) is 16.1. The van der Waals surface area contributed by atoms with Gasteiger partial charge in [0.1, 0.15) is 17.0 Å². The third-order valence-electron chi connectivity index (χ3n) is 13.4. The molecule has 14 aromatic rings. The van der Waals surface area contributed by atoms with Crippen LogP contribution in [0.4, 0.5) is 0 Å². The van der Waals surface area contributed by atoms with Gasteiger partial charge in [-0.15, -0.1) is 18.2 Å². The van der Waals surface area contributed by atoms with Gasteiger partial charge >= 0.3 is 31.1 Å². The molecule has 70 heavy (non-hydrogen) atoms. The molecule has 1 N–H and O–H groups in total. The Kier molecular flexibility index (Phi) is 10.2. The van der Waals surface area contributed by atoms with Crippen molar-refractivity contribution in [2.75, 3.05) is 0 Å². The fourth-order valence-corrected chi connectivity index (χ4v) is 10.2. The summed E-state index contributed by atoms with van der Waals surface area (Å²) in [6, 6.07) is 82.9. The van der Waals surface area contributed by atoms with Gasteiger partial charge in [0.2, 0.25) is 0 Å². The second-order valence-electron chi connectivity index (χ2n) is 17.4. The SMILES string of the molecule is [U+2].[c-]1ccccc1-c1[c-]cc(-c2nc(-c3cc(-c4ccccc4)c(-n4c5ccccc5c5c6oc7ccccc7c6ccc54)c(-c4ccccc4)c3)nc(-c3ccc4c(c3)[nH]c3ccccc34)n2)cc1. The van der Waals surface area contributed by atoms with E-state index in [0.29, 0.717) is 17.5 Å². The van der Waals surface area contributed by atoms with Crippen molar-refractivity contribution in [2.45, 2.75) is 0 Å². The summed E-state index contributed by atoms with van der Waals surface area (Å²) in [6.07, 6.45) is 0. The number of nitrogens with one attached hydrogen (secondary N) is 1. The third-order valence-corrected chi connectivity index (χ3v) is 13.4. The molecule has 0 radical (unpaired) electrons. The van der Waals surface area contributed by atoms with Gasteiger partial charge < -0.3 is 14.0 Å². The minimum atomic E-state index is 0. The molecule has 0 aliphatic rings. The van der Waals surface area contributed by atoms with Gasteiger partial charge in [0.05, 0.1) is 22.1 Å². The molecule has 0 aliphatic heterocycles. The van der Waals surface area contributed by atoms with Crippen LogP contribution in [0.3, 0.4) is 0 Å². The van der Waals surface area contributed by atoms with Crippen molar-refractivity contribution in [2.24, 2.45) is 0 Å².